The lowest BCUT2D eigenvalue weighted by molar-refractivity contribution is 0.249. The summed E-state index contributed by atoms with van der Waals surface area (Å²) in [5.74, 6) is 1.27. The van der Waals surface area contributed by atoms with Crippen LogP contribution in [0.4, 0.5) is 4.39 Å². The second-order valence-corrected chi connectivity index (χ2v) is 5.72. The number of hydrogen-bond donors (Lipinski definition) is 0. The van der Waals surface area contributed by atoms with Crippen molar-refractivity contribution in [2.75, 3.05) is 6.61 Å². The lowest BCUT2D eigenvalue weighted by Crippen LogP contribution is -2.09. The Bertz CT molecular complexity index is 510. The number of rotatable bonds is 4. The van der Waals surface area contributed by atoms with E-state index in [2.05, 4.69) is 0 Å². The lowest BCUT2D eigenvalue weighted by Gasteiger charge is -2.15. The summed E-state index contributed by atoms with van der Waals surface area (Å²) in [7, 11) is 0. The van der Waals surface area contributed by atoms with Crippen molar-refractivity contribution in [3.63, 3.8) is 0 Å². The second-order valence-electron chi connectivity index (χ2n) is 5.72. The van der Waals surface area contributed by atoms with Gasteiger partial charge in [0.15, 0.2) is 0 Å². The maximum Gasteiger partial charge on any atom is 0.144 e. The first-order valence-electron chi connectivity index (χ1n) is 7.14. The Labute approximate surface area is 113 Å². The normalized spacial score (nSPS) is 19.4. The van der Waals surface area contributed by atoms with Crippen LogP contribution in [0.5, 0.6) is 5.75 Å². The highest BCUT2D eigenvalue weighted by atomic mass is 19.1. The Balaban J connectivity index is 1.78. The number of nitrogens with zero attached hydrogens (tertiary/aromatic N) is 1. The molecule has 0 amide bonds. The monoisotopic (exact) mass is 259 g/mol. The Morgan fingerprint density at radius 3 is 2.58 bits per heavy atom. The van der Waals surface area contributed by atoms with Gasteiger partial charge in [-0.05, 0) is 49.1 Å². The Kier molecular flexibility index (Phi) is 3.42. The molecular weight excluding hydrogens is 241 g/mol. The van der Waals surface area contributed by atoms with Gasteiger partial charge in [-0.2, -0.15) is 5.26 Å². The van der Waals surface area contributed by atoms with Crippen LogP contribution in [0.3, 0.4) is 0 Å². The molecule has 1 aromatic rings. The summed E-state index contributed by atoms with van der Waals surface area (Å²) in [5.41, 5.74) is 1.16. The molecule has 3 rings (SSSR count). The van der Waals surface area contributed by atoms with Crippen molar-refractivity contribution < 1.29 is 9.13 Å². The molecule has 0 saturated heterocycles. The van der Waals surface area contributed by atoms with Crippen LogP contribution in [0.2, 0.25) is 0 Å². The van der Waals surface area contributed by atoms with E-state index in [1.54, 1.807) is 6.07 Å². The molecule has 2 aliphatic carbocycles. The third-order valence-corrected chi connectivity index (χ3v) is 4.19. The topological polar surface area (TPSA) is 33.0 Å². The molecule has 0 heterocycles. The van der Waals surface area contributed by atoms with Gasteiger partial charge in [-0.1, -0.05) is 12.8 Å². The fourth-order valence-corrected chi connectivity index (χ4v) is 2.88. The maximum absolute atomic E-state index is 13.7. The Hall–Kier alpha value is -1.56. The first kappa shape index (κ1) is 12.5. The first-order valence-corrected chi connectivity index (χ1v) is 7.14. The SMILES string of the molecule is N#Cc1cc(C2CC2)c(OCC2CCCC2)cc1F. The molecule has 0 N–H and O–H groups in total. The molecule has 0 atom stereocenters. The second kappa shape index (κ2) is 5.21. The van der Waals surface area contributed by atoms with E-state index in [4.69, 9.17) is 10.00 Å². The van der Waals surface area contributed by atoms with E-state index >= 15 is 0 Å². The van der Waals surface area contributed by atoms with Crippen LogP contribution in [-0.2, 0) is 0 Å². The zero-order chi connectivity index (χ0) is 13.2. The molecule has 0 bridgehead atoms. The molecule has 0 radical (unpaired) electrons. The summed E-state index contributed by atoms with van der Waals surface area (Å²) in [6, 6.07) is 4.99. The molecule has 0 aliphatic heterocycles. The van der Waals surface area contributed by atoms with Crippen LogP contribution in [0, 0.1) is 23.1 Å². The average molecular weight is 259 g/mol. The van der Waals surface area contributed by atoms with Crippen molar-refractivity contribution in [1.29, 1.82) is 5.26 Å². The largest absolute Gasteiger partial charge is 0.493 e. The van der Waals surface area contributed by atoms with Crippen molar-refractivity contribution in [2.45, 2.75) is 44.4 Å². The minimum atomic E-state index is -0.465. The first-order chi connectivity index (χ1) is 9.28. The van der Waals surface area contributed by atoms with Gasteiger partial charge in [0.2, 0.25) is 0 Å². The molecule has 2 saturated carbocycles. The molecule has 0 spiro atoms. The van der Waals surface area contributed by atoms with Crippen LogP contribution in [0.15, 0.2) is 12.1 Å². The number of benzene rings is 1. The van der Waals surface area contributed by atoms with Crippen LogP contribution >= 0.6 is 0 Å². The summed E-state index contributed by atoms with van der Waals surface area (Å²) in [5, 5.41) is 8.91. The summed E-state index contributed by atoms with van der Waals surface area (Å²) in [6.45, 7) is 0.686. The summed E-state index contributed by atoms with van der Waals surface area (Å²) in [6.07, 6.45) is 7.25. The highest BCUT2D eigenvalue weighted by Crippen LogP contribution is 2.45. The molecule has 0 unspecified atom stereocenters. The highest BCUT2D eigenvalue weighted by Gasteiger charge is 2.28. The molecular formula is C16H18FNO. The van der Waals surface area contributed by atoms with Crippen molar-refractivity contribution >= 4 is 0 Å². The smallest absolute Gasteiger partial charge is 0.144 e. The molecule has 0 aromatic heterocycles. The van der Waals surface area contributed by atoms with E-state index in [-0.39, 0.29) is 5.56 Å². The van der Waals surface area contributed by atoms with Crippen molar-refractivity contribution in [3.05, 3.63) is 29.1 Å². The van der Waals surface area contributed by atoms with Crippen LogP contribution in [0.1, 0.15) is 55.6 Å². The number of halogens is 1. The fourth-order valence-electron chi connectivity index (χ4n) is 2.88. The summed E-state index contributed by atoms with van der Waals surface area (Å²) in [4.78, 5) is 0. The van der Waals surface area contributed by atoms with Gasteiger partial charge in [0, 0.05) is 6.07 Å². The predicted molar refractivity (Wildman–Crippen MR) is 70.5 cm³/mol. The van der Waals surface area contributed by atoms with Gasteiger partial charge in [-0.15, -0.1) is 0 Å². The minimum absolute atomic E-state index is 0.134. The van der Waals surface area contributed by atoms with E-state index < -0.39 is 5.82 Å². The van der Waals surface area contributed by atoms with Crippen molar-refractivity contribution in [2.24, 2.45) is 5.92 Å². The predicted octanol–water partition coefficient (Wildman–Crippen LogP) is 4.14. The van der Waals surface area contributed by atoms with E-state index in [1.165, 1.54) is 31.7 Å². The van der Waals surface area contributed by atoms with Crippen LogP contribution in [0.25, 0.3) is 0 Å². The fraction of sp³-hybridized carbons (Fsp3) is 0.562. The van der Waals surface area contributed by atoms with Crippen LogP contribution < -0.4 is 4.74 Å². The third-order valence-electron chi connectivity index (χ3n) is 4.19. The Morgan fingerprint density at radius 1 is 1.21 bits per heavy atom. The number of hydrogen-bond acceptors (Lipinski definition) is 2. The van der Waals surface area contributed by atoms with Gasteiger partial charge in [0.05, 0.1) is 12.2 Å². The molecule has 2 aliphatic rings. The van der Waals surface area contributed by atoms with E-state index in [9.17, 15) is 4.39 Å². The van der Waals surface area contributed by atoms with Gasteiger partial charge in [-0.25, -0.2) is 4.39 Å². The quantitative estimate of drug-likeness (QED) is 0.814. The average Bonchev–Trinajstić information content (AvgIpc) is 3.13. The van der Waals surface area contributed by atoms with Gasteiger partial charge >= 0.3 is 0 Å². The highest BCUT2D eigenvalue weighted by molar-refractivity contribution is 5.46. The molecule has 3 heteroatoms. The molecule has 2 fully saturated rings. The van der Waals surface area contributed by atoms with E-state index in [0.717, 1.165) is 18.4 Å². The molecule has 100 valence electrons. The Morgan fingerprint density at radius 2 is 1.95 bits per heavy atom. The minimum Gasteiger partial charge on any atom is -0.493 e. The van der Waals surface area contributed by atoms with Gasteiger partial charge < -0.3 is 4.74 Å². The van der Waals surface area contributed by atoms with Gasteiger partial charge in [-0.3, -0.25) is 0 Å². The van der Waals surface area contributed by atoms with Crippen molar-refractivity contribution in [1.82, 2.24) is 0 Å². The number of nitriles is 1. The number of ether oxygens (including phenoxy) is 1. The zero-order valence-corrected chi connectivity index (χ0v) is 11.0. The lowest BCUT2D eigenvalue weighted by atomic mass is 10.1. The third kappa shape index (κ3) is 2.73. The van der Waals surface area contributed by atoms with Gasteiger partial charge in [0.25, 0.3) is 0 Å². The zero-order valence-electron chi connectivity index (χ0n) is 11.0. The van der Waals surface area contributed by atoms with E-state index in [0.29, 0.717) is 24.2 Å². The summed E-state index contributed by atoms with van der Waals surface area (Å²) >= 11 is 0. The van der Waals surface area contributed by atoms with E-state index in [1.807, 2.05) is 6.07 Å². The molecule has 1 aromatic carbocycles. The van der Waals surface area contributed by atoms with Crippen molar-refractivity contribution in [3.8, 4) is 11.8 Å². The summed E-state index contributed by atoms with van der Waals surface area (Å²) < 4.78 is 19.6. The maximum atomic E-state index is 13.7. The molecule has 2 nitrogen and oxygen atoms in total. The standard InChI is InChI=1S/C16H18FNO/c17-15-8-16(19-10-11-3-1-2-4-11)14(12-5-6-12)7-13(15)9-18/h7-8,11-12H,1-6,10H2. The van der Waals surface area contributed by atoms with Crippen LogP contribution in [-0.4, -0.2) is 6.61 Å². The van der Waals surface area contributed by atoms with Gasteiger partial charge in [0.1, 0.15) is 17.6 Å². The molecule has 19 heavy (non-hydrogen) atoms.